The van der Waals surface area contributed by atoms with Crippen molar-refractivity contribution in [3.63, 3.8) is 0 Å². The van der Waals surface area contributed by atoms with Crippen molar-refractivity contribution >= 4 is 5.91 Å². The van der Waals surface area contributed by atoms with E-state index in [1.807, 2.05) is 36.4 Å². The van der Waals surface area contributed by atoms with Crippen LogP contribution in [-0.4, -0.2) is 25.1 Å². The number of hydrogen-bond acceptors (Lipinski definition) is 3. The minimum atomic E-state index is -0.164. The highest BCUT2D eigenvalue weighted by Crippen LogP contribution is 2.25. The molecular formula is C23H30N2O2. The fourth-order valence-electron chi connectivity index (χ4n) is 3.76. The number of ether oxygens (including phenoxy) is 1. The standard InChI is InChI=1S/C23H30N2O2/c1-16-8-7-9-17(2)22(16)27-15-21(19-10-5-4-6-11-19)25-23(26)20-12-13-24-18(3)14-20/h4-11,18,20-21,24H,12-15H2,1-3H3,(H,25,26)/t18-,20-,21?/m0/s1. The van der Waals surface area contributed by atoms with Crippen LogP contribution < -0.4 is 15.4 Å². The molecule has 0 bridgehead atoms. The van der Waals surface area contributed by atoms with Crippen molar-refractivity contribution in [1.29, 1.82) is 0 Å². The van der Waals surface area contributed by atoms with Gasteiger partial charge >= 0.3 is 0 Å². The lowest BCUT2D eigenvalue weighted by Crippen LogP contribution is -2.44. The summed E-state index contributed by atoms with van der Waals surface area (Å²) < 4.78 is 6.17. The lowest BCUT2D eigenvalue weighted by atomic mass is 9.92. The summed E-state index contributed by atoms with van der Waals surface area (Å²) in [6.45, 7) is 7.55. The second-order valence-corrected chi connectivity index (χ2v) is 7.58. The minimum absolute atomic E-state index is 0.0626. The minimum Gasteiger partial charge on any atom is -0.491 e. The van der Waals surface area contributed by atoms with E-state index in [0.29, 0.717) is 12.6 Å². The molecule has 0 spiro atoms. The van der Waals surface area contributed by atoms with Gasteiger partial charge in [0.2, 0.25) is 5.91 Å². The molecule has 1 aliphatic rings. The molecule has 4 heteroatoms. The van der Waals surface area contributed by atoms with E-state index in [9.17, 15) is 4.79 Å². The fraction of sp³-hybridized carbons (Fsp3) is 0.435. The van der Waals surface area contributed by atoms with Gasteiger partial charge in [-0.1, -0.05) is 48.5 Å². The average molecular weight is 367 g/mol. The first-order valence-corrected chi connectivity index (χ1v) is 9.82. The van der Waals surface area contributed by atoms with E-state index < -0.39 is 0 Å². The van der Waals surface area contributed by atoms with Crippen LogP contribution in [0, 0.1) is 19.8 Å². The Balaban J connectivity index is 1.72. The van der Waals surface area contributed by atoms with Crippen molar-refractivity contribution in [3.8, 4) is 5.75 Å². The monoisotopic (exact) mass is 366 g/mol. The maximum Gasteiger partial charge on any atom is 0.223 e. The largest absolute Gasteiger partial charge is 0.491 e. The second kappa shape index (κ2) is 9.05. The third-order valence-corrected chi connectivity index (χ3v) is 5.32. The summed E-state index contributed by atoms with van der Waals surface area (Å²) in [5.74, 6) is 1.10. The van der Waals surface area contributed by atoms with Crippen molar-refractivity contribution in [2.75, 3.05) is 13.2 Å². The van der Waals surface area contributed by atoms with Crippen molar-refractivity contribution in [3.05, 3.63) is 65.2 Å². The van der Waals surface area contributed by atoms with Gasteiger partial charge in [-0.3, -0.25) is 4.79 Å². The number of benzene rings is 2. The normalized spacial score (nSPS) is 20.7. The Hall–Kier alpha value is -2.33. The molecule has 0 aromatic heterocycles. The number of carbonyl (C=O) groups is 1. The van der Waals surface area contributed by atoms with Gasteiger partial charge in [-0.2, -0.15) is 0 Å². The Morgan fingerprint density at radius 2 is 1.85 bits per heavy atom. The van der Waals surface area contributed by atoms with Crippen molar-refractivity contribution in [2.45, 2.75) is 45.7 Å². The first kappa shape index (κ1) is 19.4. The number of piperidine rings is 1. The van der Waals surface area contributed by atoms with Crippen molar-refractivity contribution in [2.24, 2.45) is 5.92 Å². The lowest BCUT2D eigenvalue weighted by molar-refractivity contribution is -0.127. The van der Waals surface area contributed by atoms with Crippen LogP contribution in [0.25, 0.3) is 0 Å². The zero-order valence-corrected chi connectivity index (χ0v) is 16.5. The van der Waals surface area contributed by atoms with E-state index in [-0.39, 0.29) is 17.9 Å². The Bertz CT molecular complexity index is 740. The van der Waals surface area contributed by atoms with Gasteiger partial charge in [-0.05, 0) is 56.8 Å². The topological polar surface area (TPSA) is 50.4 Å². The van der Waals surface area contributed by atoms with E-state index in [2.05, 4.69) is 43.5 Å². The fourth-order valence-corrected chi connectivity index (χ4v) is 3.76. The van der Waals surface area contributed by atoms with Gasteiger partial charge in [-0.15, -0.1) is 0 Å². The number of amides is 1. The molecule has 0 radical (unpaired) electrons. The predicted molar refractivity (Wildman–Crippen MR) is 109 cm³/mol. The van der Waals surface area contributed by atoms with E-state index in [1.54, 1.807) is 0 Å². The summed E-state index contributed by atoms with van der Waals surface area (Å²) in [6.07, 6.45) is 1.76. The molecule has 1 heterocycles. The van der Waals surface area contributed by atoms with E-state index in [0.717, 1.165) is 41.8 Å². The van der Waals surface area contributed by atoms with Crippen LogP contribution in [0.15, 0.2) is 48.5 Å². The Morgan fingerprint density at radius 3 is 2.52 bits per heavy atom. The van der Waals surface area contributed by atoms with E-state index in [4.69, 9.17) is 4.74 Å². The van der Waals surface area contributed by atoms with Crippen LogP contribution in [0.4, 0.5) is 0 Å². The molecule has 1 amide bonds. The molecule has 27 heavy (non-hydrogen) atoms. The number of nitrogens with one attached hydrogen (secondary N) is 2. The highest BCUT2D eigenvalue weighted by Gasteiger charge is 2.27. The predicted octanol–water partition coefficient (Wildman–Crippen LogP) is 3.93. The van der Waals surface area contributed by atoms with Crippen LogP contribution in [0.2, 0.25) is 0 Å². The number of carbonyl (C=O) groups excluding carboxylic acids is 1. The number of para-hydroxylation sites is 1. The first-order chi connectivity index (χ1) is 13.0. The molecule has 3 atom stereocenters. The molecular weight excluding hydrogens is 336 g/mol. The number of aryl methyl sites for hydroxylation is 2. The Kier molecular flexibility index (Phi) is 6.51. The quantitative estimate of drug-likeness (QED) is 0.814. The van der Waals surface area contributed by atoms with Gasteiger partial charge in [0.25, 0.3) is 0 Å². The average Bonchev–Trinajstić information content (AvgIpc) is 2.67. The Labute approximate surface area is 162 Å². The zero-order valence-electron chi connectivity index (χ0n) is 16.5. The highest BCUT2D eigenvalue weighted by atomic mass is 16.5. The molecule has 1 saturated heterocycles. The van der Waals surface area contributed by atoms with E-state index >= 15 is 0 Å². The first-order valence-electron chi connectivity index (χ1n) is 9.82. The zero-order chi connectivity index (χ0) is 19.2. The lowest BCUT2D eigenvalue weighted by Gasteiger charge is -2.29. The molecule has 2 aromatic carbocycles. The maximum atomic E-state index is 12.9. The molecule has 2 N–H and O–H groups in total. The summed E-state index contributed by atoms with van der Waals surface area (Å²) in [5, 5.41) is 6.65. The summed E-state index contributed by atoms with van der Waals surface area (Å²) in [7, 11) is 0. The third-order valence-electron chi connectivity index (χ3n) is 5.32. The maximum absolute atomic E-state index is 12.9. The molecule has 1 unspecified atom stereocenters. The van der Waals surface area contributed by atoms with Gasteiger partial charge in [0.05, 0.1) is 6.04 Å². The molecule has 1 aliphatic heterocycles. The van der Waals surface area contributed by atoms with Crippen LogP contribution >= 0.6 is 0 Å². The van der Waals surface area contributed by atoms with Crippen molar-refractivity contribution in [1.82, 2.24) is 10.6 Å². The summed E-state index contributed by atoms with van der Waals surface area (Å²) in [4.78, 5) is 12.9. The third kappa shape index (κ3) is 5.10. The number of rotatable bonds is 6. The van der Waals surface area contributed by atoms with Crippen LogP contribution in [0.3, 0.4) is 0 Å². The van der Waals surface area contributed by atoms with Gasteiger partial charge in [0, 0.05) is 12.0 Å². The molecule has 2 aromatic rings. The molecule has 1 fully saturated rings. The number of hydrogen-bond donors (Lipinski definition) is 2. The molecule has 0 saturated carbocycles. The molecule has 4 nitrogen and oxygen atoms in total. The van der Waals surface area contributed by atoms with Gasteiger partial charge in [0.1, 0.15) is 12.4 Å². The highest BCUT2D eigenvalue weighted by molar-refractivity contribution is 5.79. The summed E-state index contributed by atoms with van der Waals surface area (Å²) in [5.41, 5.74) is 3.29. The van der Waals surface area contributed by atoms with Crippen LogP contribution in [0.5, 0.6) is 5.75 Å². The van der Waals surface area contributed by atoms with Crippen LogP contribution in [-0.2, 0) is 4.79 Å². The van der Waals surface area contributed by atoms with E-state index in [1.165, 1.54) is 0 Å². The molecule has 144 valence electrons. The van der Waals surface area contributed by atoms with Crippen molar-refractivity contribution < 1.29 is 9.53 Å². The summed E-state index contributed by atoms with van der Waals surface area (Å²) >= 11 is 0. The van der Waals surface area contributed by atoms with Gasteiger partial charge in [-0.25, -0.2) is 0 Å². The molecule has 3 rings (SSSR count). The Morgan fingerprint density at radius 1 is 1.15 bits per heavy atom. The van der Waals surface area contributed by atoms with Gasteiger partial charge < -0.3 is 15.4 Å². The summed E-state index contributed by atoms with van der Waals surface area (Å²) in [6, 6.07) is 16.4. The second-order valence-electron chi connectivity index (χ2n) is 7.58. The van der Waals surface area contributed by atoms with Crippen LogP contribution in [0.1, 0.15) is 42.5 Å². The molecule has 0 aliphatic carbocycles. The SMILES string of the molecule is Cc1cccc(C)c1OCC(NC(=O)[C@H]1CCN[C@@H](C)C1)c1ccccc1. The smallest absolute Gasteiger partial charge is 0.223 e. The van der Waals surface area contributed by atoms with Gasteiger partial charge in [0.15, 0.2) is 0 Å².